The summed E-state index contributed by atoms with van der Waals surface area (Å²) in [6, 6.07) is 12.0. The molecule has 2 aromatic carbocycles. The van der Waals surface area contributed by atoms with Gasteiger partial charge in [0.15, 0.2) is 11.5 Å². The molecule has 0 radical (unpaired) electrons. The van der Waals surface area contributed by atoms with Crippen molar-refractivity contribution in [3.63, 3.8) is 0 Å². The fourth-order valence-corrected chi connectivity index (χ4v) is 2.33. The van der Waals surface area contributed by atoms with Crippen molar-refractivity contribution >= 4 is 11.9 Å². The van der Waals surface area contributed by atoms with Crippen molar-refractivity contribution in [2.24, 2.45) is 0 Å². The molecular weight excluding hydrogens is 326 g/mol. The number of aromatic nitrogens is 2. The Labute approximate surface area is 142 Å². The van der Waals surface area contributed by atoms with Crippen LogP contribution in [0.4, 0.5) is 6.01 Å². The van der Waals surface area contributed by atoms with Crippen LogP contribution in [-0.2, 0) is 0 Å². The van der Waals surface area contributed by atoms with Crippen molar-refractivity contribution in [1.82, 2.24) is 10.2 Å². The normalized spacial score (nSPS) is 12.0. The molecule has 1 N–H and O–H groups in total. The predicted octanol–water partition coefficient (Wildman–Crippen LogP) is 2.73. The van der Waals surface area contributed by atoms with E-state index >= 15 is 0 Å². The first kappa shape index (κ1) is 15.0. The van der Waals surface area contributed by atoms with Gasteiger partial charge in [-0.1, -0.05) is 5.10 Å². The first-order chi connectivity index (χ1) is 12.2. The lowest BCUT2D eigenvalue weighted by Gasteiger charge is -2.02. The summed E-state index contributed by atoms with van der Waals surface area (Å²) in [5.74, 6) is 1.76. The Bertz CT molecular complexity index is 920. The van der Waals surface area contributed by atoms with Crippen LogP contribution in [0.2, 0.25) is 0 Å². The molecule has 1 aliphatic heterocycles. The molecule has 0 atom stereocenters. The molecule has 1 amide bonds. The van der Waals surface area contributed by atoms with E-state index in [1.807, 2.05) is 0 Å². The van der Waals surface area contributed by atoms with Crippen molar-refractivity contribution < 1.29 is 23.4 Å². The molecule has 1 aliphatic rings. The van der Waals surface area contributed by atoms with E-state index in [9.17, 15) is 4.79 Å². The van der Waals surface area contributed by atoms with Gasteiger partial charge in [0.25, 0.3) is 5.91 Å². The van der Waals surface area contributed by atoms with Crippen molar-refractivity contribution in [3.8, 4) is 28.7 Å². The Kier molecular flexibility index (Phi) is 3.70. The smallest absolute Gasteiger partial charge is 0.322 e. The Morgan fingerprint density at radius 3 is 2.68 bits per heavy atom. The maximum atomic E-state index is 12.3. The highest BCUT2D eigenvalue weighted by molar-refractivity contribution is 6.03. The monoisotopic (exact) mass is 339 g/mol. The maximum Gasteiger partial charge on any atom is 0.322 e. The quantitative estimate of drug-likeness (QED) is 0.780. The van der Waals surface area contributed by atoms with E-state index in [0.29, 0.717) is 23.0 Å². The highest BCUT2D eigenvalue weighted by atomic mass is 16.7. The van der Waals surface area contributed by atoms with Gasteiger partial charge < -0.3 is 18.6 Å². The van der Waals surface area contributed by atoms with Gasteiger partial charge in [-0.2, -0.15) is 0 Å². The number of hydrogen-bond donors (Lipinski definition) is 1. The van der Waals surface area contributed by atoms with Gasteiger partial charge in [-0.3, -0.25) is 10.1 Å². The van der Waals surface area contributed by atoms with Gasteiger partial charge in [-0.05, 0) is 42.5 Å². The van der Waals surface area contributed by atoms with Crippen LogP contribution in [0.5, 0.6) is 17.2 Å². The first-order valence-electron chi connectivity index (χ1n) is 7.42. The van der Waals surface area contributed by atoms with E-state index in [4.69, 9.17) is 18.6 Å². The number of ether oxygens (including phenoxy) is 3. The average molecular weight is 339 g/mol. The molecular formula is C17H13N3O5. The summed E-state index contributed by atoms with van der Waals surface area (Å²) in [7, 11) is 1.59. The topological polar surface area (TPSA) is 95.7 Å². The summed E-state index contributed by atoms with van der Waals surface area (Å²) in [6.07, 6.45) is 0. The van der Waals surface area contributed by atoms with Gasteiger partial charge in [-0.25, -0.2) is 0 Å². The van der Waals surface area contributed by atoms with E-state index in [1.165, 1.54) is 0 Å². The molecule has 2 heterocycles. The van der Waals surface area contributed by atoms with Crippen molar-refractivity contribution in [3.05, 3.63) is 48.0 Å². The predicted molar refractivity (Wildman–Crippen MR) is 86.8 cm³/mol. The zero-order chi connectivity index (χ0) is 17.2. The van der Waals surface area contributed by atoms with Gasteiger partial charge in [0.05, 0.1) is 7.11 Å². The van der Waals surface area contributed by atoms with Crippen LogP contribution in [0.15, 0.2) is 46.9 Å². The van der Waals surface area contributed by atoms with Gasteiger partial charge in [0.1, 0.15) is 5.75 Å². The summed E-state index contributed by atoms with van der Waals surface area (Å²) in [5.41, 5.74) is 1.12. The van der Waals surface area contributed by atoms with E-state index in [2.05, 4.69) is 15.5 Å². The van der Waals surface area contributed by atoms with Crippen LogP contribution in [0.3, 0.4) is 0 Å². The minimum Gasteiger partial charge on any atom is -0.497 e. The zero-order valence-corrected chi connectivity index (χ0v) is 13.2. The van der Waals surface area contributed by atoms with Crippen LogP contribution in [0.1, 0.15) is 10.4 Å². The average Bonchev–Trinajstić information content (AvgIpc) is 3.30. The third-order valence-corrected chi connectivity index (χ3v) is 3.62. The molecule has 0 saturated heterocycles. The second-order valence-corrected chi connectivity index (χ2v) is 5.16. The molecule has 25 heavy (non-hydrogen) atoms. The molecule has 0 aliphatic carbocycles. The van der Waals surface area contributed by atoms with Crippen LogP contribution in [-0.4, -0.2) is 30.0 Å². The molecule has 0 spiro atoms. The molecule has 8 heteroatoms. The van der Waals surface area contributed by atoms with E-state index in [-0.39, 0.29) is 18.7 Å². The molecule has 8 nitrogen and oxygen atoms in total. The summed E-state index contributed by atoms with van der Waals surface area (Å²) in [5, 5.41) is 10.3. The maximum absolute atomic E-state index is 12.3. The minimum atomic E-state index is -0.386. The number of nitrogens with one attached hydrogen (secondary N) is 1. The molecule has 0 unspecified atom stereocenters. The summed E-state index contributed by atoms with van der Waals surface area (Å²) in [4.78, 5) is 12.3. The Balaban J connectivity index is 1.49. The van der Waals surface area contributed by atoms with Gasteiger partial charge >= 0.3 is 6.01 Å². The first-order valence-corrected chi connectivity index (χ1v) is 7.42. The third kappa shape index (κ3) is 2.97. The Morgan fingerprint density at radius 1 is 1.08 bits per heavy atom. The van der Waals surface area contributed by atoms with Gasteiger partial charge in [0, 0.05) is 11.1 Å². The number of anilines is 1. The summed E-state index contributed by atoms with van der Waals surface area (Å²) < 4.78 is 21.1. The zero-order valence-electron chi connectivity index (χ0n) is 13.2. The number of rotatable bonds is 4. The van der Waals surface area contributed by atoms with Crippen molar-refractivity contribution in [2.45, 2.75) is 0 Å². The van der Waals surface area contributed by atoms with Crippen LogP contribution in [0, 0.1) is 0 Å². The Morgan fingerprint density at radius 2 is 1.88 bits per heavy atom. The highest BCUT2D eigenvalue weighted by Gasteiger charge is 2.18. The minimum absolute atomic E-state index is 0.00786. The summed E-state index contributed by atoms with van der Waals surface area (Å²) in [6.45, 7) is 0.148. The fraction of sp³-hybridized carbons (Fsp3) is 0.118. The van der Waals surface area contributed by atoms with E-state index in [0.717, 1.165) is 11.3 Å². The standard InChI is InChI=1S/C17H13N3O5/c1-22-12-5-2-10(3-6-12)16-19-20-17(25-16)18-15(21)11-4-7-13-14(8-11)24-9-23-13/h2-8H,9H2,1H3,(H,18,20,21). The van der Waals surface area contributed by atoms with Gasteiger partial charge in [-0.15, -0.1) is 5.10 Å². The van der Waals surface area contributed by atoms with Gasteiger partial charge in [0.2, 0.25) is 12.7 Å². The van der Waals surface area contributed by atoms with Crippen molar-refractivity contribution in [1.29, 1.82) is 0 Å². The second kappa shape index (κ2) is 6.16. The lowest BCUT2D eigenvalue weighted by atomic mass is 10.2. The number of carbonyl (C=O) groups is 1. The molecule has 3 aromatic rings. The van der Waals surface area contributed by atoms with Crippen LogP contribution in [0.25, 0.3) is 11.5 Å². The number of hydrogen-bond acceptors (Lipinski definition) is 7. The van der Waals surface area contributed by atoms with Crippen LogP contribution < -0.4 is 19.5 Å². The number of fused-ring (bicyclic) bond motifs is 1. The largest absolute Gasteiger partial charge is 0.497 e. The number of carbonyl (C=O) groups excluding carboxylic acids is 1. The molecule has 0 bridgehead atoms. The third-order valence-electron chi connectivity index (χ3n) is 3.62. The molecule has 0 fully saturated rings. The lowest BCUT2D eigenvalue weighted by Crippen LogP contribution is -2.12. The summed E-state index contributed by atoms with van der Waals surface area (Å²) >= 11 is 0. The fourth-order valence-electron chi connectivity index (χ4n) is 2.33. The number of amides is 1. The molecule has 1 aromatic heterocycles. The molecule has 0 saturated carbocycles. The van der Waals surface area contributed by atoms with E-state index in [1.54, 1.807) is 49.6 Å². The second-order valence-electron chi connectivity index (χ2n) is 5.16. The van der Waals surface area contributed by atoms with Crippen molar-refractivity contribution in [2.75, 3.05) is 19.2 Å². The Hall–Kier alpha value is -3.55. The highest BCUT2D eigenvalue weighted by Crippen LogP contribution is 2.32. The number of nitrogens with zero attached hydrogens (tertiary/aromatic N) is 2. The number of methoxy groups -OCH3 is 1. The lowest BCUT2D eigenvalue weighted by molar-refractivity contribution is 0.102. The number of benzene rings is 2. The van der Waals surface area contributed by atoms with E-state index < -0.39 is 0 Å². The van der Waals surface area contributed by atoms with Crippen LogP contribution >= 0.6 is 0 Å². The SMILES string of the molecule is COc1ccc(-c2nnc(NC(=O)c3ccc4c(c3)OCO4)o2)cc1. The molecule has 126 valence electrons. The molecule has 4 rings (SSSR count).